The van der Waals surface area contributed by atoms with Crippen LogP contribution in [0.15, 0.2) is 16.8 Å². The fourth-order valence-electron chi connectivity index (χ4n) is 3.85. The highest BCUT2D eigenvalue weighted by Crippen LogP contribution is 2.43. The van der Waals surface area contributed by atoms with E-state index in [9.17, 15) is 31.5 Å². The molecule has 2 aliphatic heterocycles. The lowest BCUT2D eigenvalue weighted by molar-refractivity contribution is -0.192. The Hall–Kier alpha value is -1.70. The van der Waals surface area contributed by atoms with E-state index in [-0.39, 0.29) is 12.5 Å². The number of rotatable bonds is 4. The van der Waals surface area contributed by atoms with Gasteiger partial charge in [0, 0.05) is 32.1 Å². The topological polar surface area (TPSA) is 115 Å². The minimum absolute atomic E-state index is 0.109. The number of aliphatic carboxylic acids is 2. The van der Waals surface area contributed by atoms with Gasteiger partial charge in [0.2, 0.25) is 10.0 Å². The molecule has 0 radical (unpaired) electrons. The van der Waals surface area contributed by atoms with Gasteiger partial charge in [0.1, 0.15) is 0 Å². The van der Waals surface area contributed by atoms with Crippen LogP contribution in [0.4, 0.5) is 13.2 Å². The zero-order chi connectivity index (χ0) is 22.7. The molecular weight excluding hydrogens is 449 g/mol. The number of carboxylic acid groups (broad SMARTS) is 2. The minimum atomic E-state index is -5.08. The van der Waals surface area contributed by atoms with E-state index >= 15 is 0 Å². The number of alkyl halides is 3. The molecule has 0 unspecified atom stereocenters. The highest BCUT2D eigenvalue weighted by Gasteiger charge is 2.55. The van der Waals surface area contributed by atoms with Crippen LogP contribution >= 0.6 is 11.3 Å². The molecule has 0 amide bonds. The van der Waals surface area contributed by atoms with Crippen molar-refractivity contribution in [3.63, 3.8) is 0 Å². The molecule has 3 rings (SSSR count). The molecule has 2 saturated heterocycles. The molecule has 13 heteroatoms. The number of carboxylic acids is 2. The van der Waals surface area contributed by atoms with E-state index < -0.39 is 33.6 Å². The van der Waals surface area contributed by atoms with Crippen LogP contribution in [0.1, 0.15) is 18.4 Å². The molecule has 2 atom stereocenters. The maximum absolute atomic E-state index is 12.0. The third kappa shape index (κ3) is 5.93. The van der Waals surface area contributed by atoms with Gasteiger partial charge in [0.05, 0.1) is 11.7 Å². The third-order valence-corrected chi connectivity index (χ3v) is 7.31. The summed E-state index contributed by atoms with van der Waals surface area (Å²) in [6.07, 6.45) is -2.60. The molecule has 3 heterocycles. The normalized spacial score (nSPS) is 25.7. The molecule has 170 valence electrons. The van der Waals surface area contributed by atoms with E-state index in [0.29, 0.717) is 19.5 Å². The van der Waals surface area contributed by atoms with Crippen LogP contribution in [-0.4, -0.2) is 78.4 Å². The molecular formula is C17H23F3N2O6S2. The molecule has 2 aliphatic rings. The van der Waals surface area contributed by atoms with Crippen molar-refractivity contribution in [3.05, 3.63) is 22.4 Å². The SMILES string of the molecule is CS(=O)(=O)N1C[C@@H]2CN(Cc3ccsc3)CCC[C@]2(C(=O)O)C1.O=C(O)C(F)(F)F. The van der Waals surface area contributed by atoms with Crippen LogP contribution in [0.3, 0.4) is 0 Å². The first kappa shape index (κ1) is 24.6. The van der Waals surface area contributed by atoms with Gasteiger partial charge >= 0.3 is 18.1 Å². The number of fused-ring (bicyclic) bond motifs is 1. The standard InChI is InChI=1S/C15H22N2O4S2.C2HF3O2/c1-23(20,21)17-9-13-8-16(7-12-3-6-22-10-12)5-2-4-15(13,11-17)14(18)19;3-2(4,5)1(6)7/h3,6,10,13H,2,4-5,7-9,11H2,1H3,(H,18,19);(H,6,7)/t13-,15-;/m0./s1. The van der Waals surface area contributed by atoms with Crippen LogP contribution in [0.25, 0.3) is 0 Å². The van der Waals surface area contributed by atoms with Crippen LogP contribution in [0.2, 0.25) is 0 Å². The number of thiophene rings is 1. The Bertz CT molecular complexity index is 859. The van der Waals surface area contributed by atoms with Crippen molar-refractivity contribution in [2.24, 2.45) is 11.3 Å². The first-order valence-corrected chi connectivity index (χ1v) is 11.8. The second-order valence-corrected chi connectivity index (χ2v) is 10.2. The second-order valence-electron chi connectivity index (χ2n) is 7.49. The van der Waals surface area contributed by atoms with Gasteiger partial charge in [-0.1, -0.05) is 0 Å². The van der Waals surface area contributed by atoms with Crippen molar-refractivity contribution >= 4 is 33.3 Å². The molecule has 0 aliphatic carbocycles. The fraction of sp³-hybridized carbons (Fsp3) is 0.647. The largest absolute Gasteiger partial charge is 0.490 e. The molecule has 0 bridgehead atoms. The Kier molecular flexibility index (Phi) is 7.54. The molecule has 1 aromatic rings. The van der Waals surface area contributed by atoms with E-state index in [1.165, 1.54) is 9.87 Å². The van der Waals surface area contributed by atoms with Crippen LogP contribution < -0.4 is 0 Å². The quantitative estimate of drug-likeness (QED) is 0.688. The zero-order valence-electron chi connectivity index (χ0n) is 16.1. The number of hydrogen-bond acceptors (Lipinski definition) is 6. The molecule has 0 spiro atoms. The first-order chi connectivity index (χ1) is 13.8. The van der Waals surface area contributed by atoms with Gasteiger partial charge in [-0.25, -0.2) is 17.5 Å². The summed E-state index contributed by atoms with van der Waals surface area (Å²) in [4.78, 5) is 23.1. The molecule has 2 N–H and O–H groups in total. The molecule has 0 saturated carbocycles. The number of carbonyl (C=O) groups is 2. The van der Waals surface area contributed by atoms with E-state index in [0.717, 1.165) is 25.8 Å². The maximum Gasteiger partial charge on any atom is 0.490 e. The summed E-state index contributed by atoms with van der Waals surface area (Å²) < 4.78 is 56.9. The Morgan fingerprint density at radius 1 is 1.30 bits per heavy atom. The van der Waals surface area contributed by atoms with Gasteiger partial charge in [-0.2, -0.15) is 24.5 Å². The summed E-state index contributed by atoms with van der Waals surface area (Å²) in [6.45, 7) is 2.71. The average Bonchev–Trinajstić information content (AvgIpc) is 3.19. The van der Waals surface area contributed by atoms with Crippen LogP contribution in [0.5, 0.6) is 0 Å². The van der Waals surface area contributed by atoms with Crippen molar-refractivity contribution in [3.8, 4) is 0 Å². The van der Waals surface area contributed by atoms with Crippen molar-refractivity contribution < 1.29 is 41.4 Å². The lowest BCUT2D eigenvalue weighted by atomic mass is 9.75. The van der Waals surface area contributed by atoms with Crippen LogP contribution in [0, 0.1) is 11.3 Å². The van der Waals surface area contributed by atoms with E-state index in [1.807, 2.05) is 5.38 Å². The Morgan fingerprint density at radius 2 is 1.93 bits per heavy atom. The third-order valence-electron chi connectivity index (χ3n) is 5.36. The molecule has 8 nitrogen and oxygen atoms in total. The molecule has 30 heavy (non-hydrogen) atoms. The van der Waals surface area contributed by atoms with Gasteiger partial charge in [0.15, 0.2) is 0 Å². The summed E-state index contributed by atoms with van der Waals surface area (Å²) in [7, 11) is -3.36. The van der Waals surface area contributed by atoms with Crippen molar-refractivity contribution in [1.29, 1.82) is 0 Å². The number of sulfonamides is 1. The predicted octanol–water partition coefficient (Wildman–Crippen LogP) is 1.94. The van der Waals surface area contributed by atoms with Gasteiger partial charge in [-0.05, 0) is 41.8 Å². The lowest BCUT2D eigenvalue weighted by Crippen LogP contribution is -2.41. The Labute approximate surface area is 175 Å². The second kappa shape index (κ2) is 9.20. The van der Waals surface area contributed by atoms with Gasteiger partial charge in [-0.15, -0.1) is 0 Å². The van der Waals surface area contributed by atoms with E-state index in [1.54, 1.807) is 11.3 Å². The van der Waals surface area contributed by atoms with Gasteiger partial charge in [0.25, 0.3) is 0 Å². The van der Waals surface area contributed by atoms with E-state index in [2.05, 4.69) is 16.3 Å². The number of likely N-dealkylation sites (tertiary alicyclic amines) is 1. The number of hydrogen-bond donors (Lipinski definition) is 2. The van der Waals surface area contributed by atoms with Crippen molar-refractivity contribution in [1.82, 2.24) is 9.21 Å². The monoisotopic (exact) mass is 472 g/mol. The fourth-order valence-corrected chi connectivity index (χ4v) is 5.43. The summed E-state index contributed by atoms with van der Waals surface area (Å²) in [5, 5.41) is 21.1. The zero-order valence-corrected chi connectivity index (χ0v) is 17.8. The predicted molar refractivity (Wildman–Crippen MR) is 102 cm³/mol. The van der Waals surface area contributed by atoms with Crippen molar-refractivity contribution in [2.75, 3.05) is 32.4 Å². The molecule has 2 fully saturated rings. The van der Waals surface area contributed by atoms with Crippen LogP contribution in [-0.2, 0) is 26.2 Å². The summed E-state index contributed by atoms with van der Waals surface area (Å²) in [6, 6.07) is 2.08. The Balaban J connectivity index is 0.000000396. The van der Waals surface area contributed by atoms with Crippen molar-refractivity contribution in [2.45, 2.75) is 25.6 Å². The first-order valence-electron chi connectivity index (χ1n) is 8.98. The number of nitrogens with zero attached hydrogens (tertiary/aromatic N) is 2. The summed E-state index contributed by atoms with van der Waals surface area (Å²) in [5.41, 5.74) is 0.294. The highest BCUT2D eigenvalue weighted by atomic mass is 32.2. The smallest absolute Gasteiger partial charge is 0.481 e. The highest BCUT2D eigenvalue weighted by molar-refractivity contribution is 7.88. The summed E-state index contributed by atoms with van der Waals surface area (Å²) >= 11 is 1.65. The minimum Gasteiger partial charge on any atom is -0.481 e. The molecule has 0 aromatic carbocycles. The molecule has 1 aromatic heterocycles. The van der Waals surface area contributed by atoms with Gasteiger partial charge < -0.3 is 10.2 Å². The number of halogens is 3. The van der Waals surface area contributed by atoms with Gasteiger partial charge in [-0.3, -0.25) is 9.69 Å². The maximum atomic E-state index is 12.0. The lowest BCUT2D eigenvalue weighted by Gasteiger charge is -2.29. The average molecular weight is 473 g/mol. The Morgan fingerprint density at radius 3 is 2.40 bits per heavy atom. The summed E-state index contributed by atoms with van der Waals surface area (Å²) in [5.74, 6) is -3.77. The van der Waals surface area contributed by atoms with E-state index in [4.69, 9.17) is 9.90 Å².